The Labute approximate surface area is 100 Å². The van der Waals surface area contributed by atoms with E-state index in [4.69, 9.17) is 15.7 Å². The van der Waals surface area contributed by atoms with Crippen LogP contribution in [0.2, 0.25) is 0 Å². The van der Waals surface area contributed by atoms with Crippen molar-refractivity contribution in [3.05, 3.63) is 29.6 Å². The first kappa shape index (κ1) is 13.1. The number of carbonyl (C=O) groups excluding carboxylic acids is 1. The monoisotopic (exact) mass is 233 g/mol. The Morgan fingerprint density at radius 3 is 2.82 bits per heavy atom. The third-order valence-corrected chi connectivity index (χ3v) is 2.77. The van der Waals surface area contributed by atoms with Crippen molar-refractivity contribution >= 4 is 5.97 Å². The molecule has 0 aromatic carbocycles. The summed E-state index contributed by atoms with van der Waals surface area (Å²) < 4.78 is 4.71. The molecular weight excluding hydrogens is 218 g/mol. The van der Waals surface area contributed by atoms with Crippen molar-refractivity contribution in [2.75, 3.05) is 7.11 Å². The first-order valence-electron chi connectivity index (χ1n) is 5.14. The van der Waals surface area contributed by atoms with E-state index in [0.29, 0.717) is 5.56 Å². The molecule has 0 unspecified atom stereocenters. The molecule has 0 aliphatic rings. The van der Waals surface area contributed by atoms with Crippen LogP contribution in [-0.4, -0.2) is 18.1 Å². The minimum Gasteiger partial charge on any atom is -0.469 e. The van der Waals surface area contributed by atoms with E-state index in [0.717, 1.165) is 0 Å². The third kappa shape index (κ3) is 2.43. The molecule has 0 radical (unpaired) electrons. The third-order valence-electron chi connectivity index (χ3n) is 2.77. The van der Waals surface area contributed by atoms with Crippen molar-refractivity contribution in [2.45, 2.75) is 19.9 Å². The highest BCUT2D eigenvalue weighted by atomic mass is 16.5. The summed E-state index contributed by atoms with van der Waals surface area (Å²) in [6.45, 7) is 3.36. The average Bonchev–Trinajstić information content (AvgIpc) is 2.36. The van der Waals surface area contributed by atoms with E-state index in [1.165, 1.54) is 13.3 Å². The lowest BCUT2D eigenvalue weighted by Crippen LogP contribution is -2.37. The molecule has 1 aromatic heterocycles. The largest absolute Gasteiger partial charge is 0.469 e. The number of hydrogen-bond acceptors (Lipinski definition) is 5. The standard InChI is InChI=1S/C12H15N3O2/c1-12(2,11(16)17-3)10(14)8-5-4-6-15-9(8)7-13/h4-6,10H,14H2,1-3H3/t10-/m0/s1. The molecule has 1 rings (SSSR count). The number of nitrogens with two attached hydrogens (primary N) is 1. The van der Waals surface area contributed by atoms with Gasteiger partial charge in [0.1, 0.15) is 11.8 Å². The lowest BCUT2D eigenvalue weighted by molar-refractivity contribution is -0.152. The molecule has 2 N–H and O–H groups in total. The Kier molecular flexibility index (Phi) is 3.81. The first-order valence-corrected chi connectivity index (χ1v) is 5.14. The van der Waals surface area contributed by atoms with Gasteiger partial charge >= 0.3 is 5.97 Å². The number of ether oxygens (including phenoxy) is 1. The molecule has 5 heteroatoms. The van der Waals surface area contributed by atoms with Crippen molar-refractivity contribution in [3.8, 4) is 6.07 Å². The van der Waals surface area contributed by atoms with Crippen LogP contribution in [0.1, 0.15) is 31.1 Å². The second kappa shape index (κ2) is 4.93. The minimum atomic E-state index is -0.913. The molecule has 0 bridgehead atoms. The SMILES string of the molecule is COC(=O)C(C)(C)[C@@H](N)c1cccnc1C#N. The van der Waals surface area contributed by atoms with E-state index in [9.17, 15) is 4.79 Å². The molecule has 0 aliphatic carbocycles. The van der Waals surface area contributed by atoms with Gasteiger partial charge in [0.25, 0.3) is 0 Å². The maximum atomic E-state index is 11.6. The first-order chi connectivity index (χ1) is 7.95. The van der Waals surface area contributed by atoms with Crippen molar-refractivity contribution in [1.29, 1.82) is 5.26 Å². The smallest absolute Gasteiger partial charge is 0.313 e. The number of hydrogen-bond donors (Lipinski definition) is 1. The predicted molar refractivity (Wildman–Crippen MR) is 61.7 cm³/mol. The Hall–Kier alpha value is -1.93. The van der Waals surface area contributed by atoms with Crippen LogP contribution < -0.4 is 5.73 Å². The molecule has 0 spiro atoms. The number of pyridine rings is 1. The molecular formula is C12H15N3O2. The number of nitrogens with zero attached hydrogens (tertiary/aromatic N) is 2. The lowest BCUT2D eigenvalue weighted by Gasteiger charge is -2.29. The maximum absolute atomic E-state index is 11.6. The van der Waals surface area contributed by atoms with Gasteiger partial charge in [-0.15, -0.1) is 0 Å². The number of nitriles is 1. The van der Waals surface area contributed by atoms with Crippen molar-refractivity contribution in [1.82, 2.24) is 4.98 Å². The van der Waals surface area contributed by atoms with E-state index in [-0.39, 0.29) is 5.69 Å². The predicted octanol–water partition coefficient (Wildman–Crippen LogP) is 1.15. The summed E-state index contributed by atoms with van der Waals surface area (Å²) in [5, 5.41) is 8.94. The molecule has 1 aromatic rings. The van der Waals surface area contributed by atoms with Gasteiger partial charge in [-0.2, -0.15) is 5.26 Å². The highest BCUT2D eigenvalue weighted by molar-refractivity contribution is 5.77. The molecule has 90 valence electrons. The second-order valence-corrected chi connectivity index (χ2v) is 4.24. The Bertz CT molecular complexity index is 463. The van der Waals surface area contributed by atoms with E-state index in [2.05, 4.69) is 4.98 Å². The molecule has 0 saturated heterocycles. The summed E-state index contributed by atoms with van der Waals surface area (Å²) in [5.74, 6) is -0.419. The minimum absolute atomic E-state index is 0.233. The number of methoxy groups -OCH3 is 1. The normalized spacial score (nSPS) is 12.6. The van der Waals surface area contributed by atoms with Crippen molar-refractivity contribution < 1.29 is 9.53 Å². The number of carbonyl (C=O) groups is 1. The summed E-state index contributed by atoms with van der Waals surface area (Å²) in [4.78, 5) is 15.6. The van der Waals surface area contributed by atoms with Gasteiger partial charge in [-0.05, 0) is 19.9 Å². The zero-order valence-electron chi connectivity index (χ0n) is 10.1. The topological polar surface area (TPSA) is 89.0 Å². The lowest BCUT2D eigenvalue weighted by atomic mass is 9.80. The van der Waals surface area contributed by atoms with Crippen LogP contribution >= 0.6 is 0 Å². The van der Waals surface area contributed by atoms with Crippen LogP contribution in [0, 0.1) is 16.7 Å². The number of esters is 1. The molecule has 0 fully saturated rings. The Morgan fingerprint density at radius 1 is 1.65 bits per heavy atom. The summed E-state index contributed by atoms with van der Waals surface area (Å²) in [6, 6.07) is 4.70. The van der Waals surface area contributed by atoms with Gasteiger partial charge in [0.05, 0.1) is 12.5 Å². The summed E-state index contributed by atoms with van der Waals surface area (Å²) >= 11 is 0. The van der Waals surface area contributed by atoms with Gasteiger partial charge in [-0.3, -0.25) is 4.79 Å². The molecule has 5 nitrogen and oxygen atoms in total. The van der Waals surface area contributed by atoms with Gasteiger partial charge in [0, 0.05) is 17.8 Å². The number of rotatable bonds is 3. The Balaban J connectivity index is 3.17. The molecule has 0 saturated carbocycles. The van der Waals surface area contributed by atoms with Crippen LogP contribution in [0.3, 0.4) is 0 Å². The summed E-state index contributed by atoms with van der Waals surface area (Å²) in [7, 11) is 1.31. The van der Waals surface area contributed by atoms with Crippen LogP contribution in [0.5, 0.6) is 0 Å². The second-order valence-electron chi connectivity index (χ2n) is 4.24. The van der Waals surface area contributed by atoms with Gasteiger partial charge in [-0.25, -0.2) is 4.98 Å². The van der Waals surface area contributed by atoms with Crippen molar-refractivity contribution in [3.63, 3.8) is 0 Å². The zero-order valence-corrected chi connectivity index (χ0v) is 10.1. The van der Waals surface area contributed by atoms with Gasteiger partial charge in [0.15, 0.2) is 0 Å². The van der Waals surface area contributed by atoms with E-state index < -0.39 is 17.4 Å². The molecule has 0 amide bonds. The fourth-order valence-electron chi connectivity index (χ4n) is 1.54. The van der Waals surface area contributed by atoms with E-state index in [1.54, 1.807) is 26.0 Å². The molecule has 1 heterocycles. The van der Waals surface area contributed by atoms with Gasteiger partial charge in [-0.1, -0.05) is 6.07 Å². The molecule has 0 aliphatic heterocycles. The fourth-order valence-corrected chi connectivity index (χ4v) is 1.54. The quantitative estimate of drug-likeness (QED) is 0.791. The van der Waals surface area contributed by atoms with Crippen LogP contribution in [0.15, 0.2) is 18.3 Å². The van der Waals surface area contributed by atoms with Crippen molar-refractivity contribution in [2.24, 2.45) is 11.1 Å². The zero-order chi connectivity index (χ0) is 13.1. The van der Waals surface area contributed by atoms with Crippen LogP contribution in [0.4, 0.5) is 0 Å². The highest BCUT2D eigenvalue weighted by Crippen LogP contribution is 2.33. The fraction of sp³-hybridized carbons (Fsp3) is 0.417. The Morgan fingerprint density at radius 2 is 2.29 bits per heavy atom. The van der Waals surface area contributed by atoms with E-state index in [1.807, 2.05) is 6.07 Å². The highest BCUT2D eigenvalue weighted by Gasteiger charge is 2.37. The van der Waals surface area contributed by atoms with Crippen LogP contribution in [-0.2, 0) is 9.53 Å². The number of aromatic nitrogens is 1. The molecule has 1 atom stereocenters. The van der Waals surface area contributed by atoms with Gasteiger partial charge < -0.3 is 10.5 Å². The van der Waals surface area contributed by atoms with Gasteiger partial charge in [0.2, 0.25) is 0 Å². The average molecular weight is 233 g/mol. The molecule has 17 heavy (non-hydrogen) atoms. The van der Waals surface area contributed by atoms with E-state index >= 15 is 0 Å². The maximum Gasteiger partial charge on any atom is 0.313 e. The summed E-state index contributed by atoms with van der Waals surface area (Å²) in [5.41, 5.74) is 5.90. The van der Waals surface area contributed by atoms with Crippen LogP contribution in [0.25, 0.3) is 0 Å². The summed E-state index contributed by atoms with van der Waals surface area (Å²) in [6.07, 6.45) is 1.51.